The number of H-pyrrole nitrogens is 1. The van der Waals surface area contributed by atoms with Crippen LogP contribution in [0.2, 0.25) is 0 Å². The number of aryl methyl sites for hydroxylation is 1. The molecule has 0 amide bonds. The Bertz CT molecular complexity index is 1250. The largest absolute Gasteiger partial charge is 0.377 e. The summed E-state index contributed by atoms with van der Waals surface area (Å²) in [6.45, 7) is 5.36. The lowest BCUT2D eigenvalue weighted by molar-refractivity contribution is 0.0945. The average Bonchev–Trinajstić information content (AvgIpc) is 3.32. The average molecular weight is 412 g/mol. The number of hydrogen-bond donors (Lipinski definition) is 1. The van der Waals surface area contributed by atoms with Crippen LogP contribution >= 0.6 is 0 Å². The number of benzene rings is 2. The smallest absolute Gasteiger partial charge is 0.162 e. The summed E-state index contributed by atoms with van der Waals surface area (Å²) in [5, 5.41) is 1.14. The van der Waals surface area contributed by atoms with Crippen molar-refractivity contribution >= 4 is 28.1 Å². The van der Waals surface area contributed by atoms with E-state index in [1.807, 2.05) is 12.4 Å². The van der Waals surface area contributed by atoms with Gasteiger partial charge >= 0.3 is 0 Å². The van der Waals surface area contributed by atoms with Crippen molar-refractivity contribution < 1.29 is 4.74 Å². The van der Waals surface area contributed by atoms with E-state index >= 15 is 0 Å². The molecule has 31 heavy (non-hydrogen) atoms. The topological polar surface area (TPSA) is 57.3 Å². The van der Waals surface area contributed by atoms with Crippen LogP contribution in [0.25, 0.3) is 22.3 Å². The molecule has 6 heteroatoms. The van der Waals surface area contributed by atoms with E-state index in [1.165, 1.54) is 11.3 Å². The lowest BCUT2D eigenvalue weighted by Gasteiger charge is -2.45. The lowest BCUT2D eigenvalue weighted by Crippen LogP contribution is -2.54. The van der Waals surface area contributed by atoms with Gasteiger partial charge in [-0.25, -0.2) is 9.97 Å². The number of hydrogen-bond acceptors (Lipinski definition) is 5. The van der Waals surface area contributed by atoms with Crippen molar-refractivity contribution in [2.75, 3.05) is 36.1 Å². The van der Waals surface area contributed by atoms with Crippen LogP contribution in [-0.2, 0) is 11.2 Å². The maximum absolute atomic E-state index is 5.83. The summed E-state index contributed by atoms with van der Waals surface area (Å²) in [6.07, 6.45) is 4.98. The number of aromatic nitrogens is 3. The van der Waals surface area contributed by atoms with E-state index in [-0.39, 0.29) is 6.04 Å². The molecule has 156 valence electrons. The number of aromatic amines is 1. The molecule has 1 atom stereocenters. The fourth-order valence-corrected chi connectivity index (χ4v) is 4.76. The van der Waals surface area contributed by atoms with E-state index in [4.69, 9.17) is 14.7 Å². The second-order valence-electron chi connectivity index (χ2n) is 8.20. The third kappa shape index (κ3) is 3.06. The first-order valence-electron chi connectivity index (χ1n) is 11.0. The molecular weight excluding hydrogens is 386 g/mol. The number of morpholine rings is 1. The van der Waals surface area contributed by atoms with Crippen LogP contribution in [-0.4, -0.2) is 47.3 Å². The van der Waals surface area contributed by atoms with Crippen LogP contribution in [0, 0.1) is 0 Å². The molecule has 1 saturated heterocycles. The molecule has 4 aromatic rings. The fourth-order valence-electron chi connectivity index (χ4n) is 4.76. The van der Waals surface area contributed by atoms with Gasteiger partial charge < -0.3 is 19.5 Å². The fraction of sp³-hybridized carbons (Fsp3) is 0.280. The zero-order valence-electron chi connectivity index (χ0n) is 17.6. The summed E-state index contributed by atoms with van der Waals surface area (Å²) in [6, 6.07) is 17.4. The zero-order valence-corrected chi connectivity index (χ0v) is 17.6. The van der Waals surface area contributed by atoms with Gasteiger partial charge in [-0.1, -0.05) is 31.2 Å². The standard InChI is InChI=1S/C25H25N5O/c1-2-17-5-3-6-18(13-17)30-15-19-16-31-12-11-29(19)25-23(30)14-27-24(28-25)21-7-4-8-22-20(21)9-10-26-22/h3-10,13-14,19,26H,2,11-12,15-16H2,1H3. The van der Waals surface area contributed by atoms with E-state index in [1.54, 1.807) is 0 Å². The number of anilines is 3. The molecule has 6 nitrogen and oxygen atoms in total. The molecular formula is C25H25N5O. The van der Waals surface area contributed by atoms with E-state index in [0.717, 1.165) is 66.5 Å². The molecule has 2 aliphatic rings. The molecule has 2 aliphatic heterocycles. The molecule has 6 rings (SSSR count). The van der Waals surface area contributed by atoms with Gasteiger partial charge in [-0.2, -0.15) is 0 Å². The third-order valence-electron chi connectivity index (χ3n) is 6.40. The van der Waals surface area contributed by atoms with Gasteiger partial charge in [-0.05, 0) is 36.2 Å². The first-order chi connectivity index (χ1) is 15.3. The summed E-state index contributed by atoms with van der Waals surface area (Å²) in [5.41, 5.74) is 5.74. The molecule has 1 fully saturated rings. The first-order valence-corrected chi connectivity index (χ1v) is 11.0. The summed E-state index contributed by atoms with van der Waals surface area (Å²) >= 11 is 0. The highest BCUT2D eigenvalue weighted by atomic mass is 16.5. The zero-order chi connectivity index (χ0) is 20.8. The molecule has 1 unspecified atom stereocenters. The van der Waals surface area contributed by atoms with E-state index in [0.29, 0.717) is 0 Å². The highest BCUT2D eigenvalue weighted by Gasteiger charge is 2.35. The van der Waals surface area contributed by atoms with Crippen molar-refractivity contribution in [1.29, 1.82) is 0 Å². The highest BCUT2D eigenvalue weighted by molar-refractivity contribution is 5.94. The predicted octanol–water partition coefficient (Wildman–Crippen LogP) is 4.54. The van der Waals surface area contributed by atoms with Gasteiger partial charge in [-0.3, -0.25) is 0 Å². The van der Waals surface area contributed by atoms with Gasteiger partial charge in [0.25, 0.3) is 0 Å². The van der Waals surface area contributed by atoms with Crippen LogP contribution < -0.4 is 9.80 Å². The van der Waals surface area contributed by atoms with Crippen molar-refractivity contribution in [1.82, 2.24) is 15.0 Å². The molecule has 2 aromatic carbocycles. The second-order valence-corrected chi connectivity index (χ2v) is 8.20. The Labute approximate surface area is 181 Å². The quantitative estimate of drug-likeness (QED) is 0.536. The Morgan fingerprint density at radius 2 is 2.10 bits per heavy atom. The number of nitrogens with one attached hydrogen (secondary N) is 1. The third-order valence-corrected chi connectivity index (χ3v) is 6.40. The van der Waals surface area contributed by atoms with Gasteiger partial charge in [0.05, 0.1) is 25.5 Å². The molecule has 2 aromatic heterocycles. The highest BCUT2D eigenvalue weighted by Crippen LogP contribution is 2.40. The number of fused-ring (bicyclic) bond motifs is 4. The minimum absolute atomic E-state index is 0.275. The summed E-state index contributed by atoms with van der Waals surface area (Å²) in [4.78, 5) is 18.0. The molecule has 0 saturated carbocycles. The monoisotopic (exact) mass is 411 g/mol. The maximum Gasteiger partial charge on any atom is 0.162 e. The summed E-state index contributed by atoms with van der Waals surface area (Å²) < 4.78 is 5.83. The number of ether oxygens (including phenoxy) is 1. The molecule has 0 radical (unpaired) electrons. The maximum atomic E-state index is 5.83. The Morgan fingerprint density at radius 3 is 3.03 bits per heavy atom. The van der Waals surface area contributed by atoms with Gasteiger partial charge in [0.15, 0.2) is 11.6 Å². The van der Waals surface area contributed by atoms with Crippen LogP contribution in [0.3, 0.4) is 0 Å². The van der Waals surface area contributed by atoms with Crippen LogP contribution in [0.15, 0.2) is 60.9 Å². The van der Waals surface area contributed by atoms with E-state index < -0.39 is 0 Å². The Hall–Kier alpha value is -3.38. The van der Waals surface area contributed by atoms with Gasteiger partial charge in [0.1, 0.15) is 5.69 Å². The Balaban J connectivity index is 1.50. The van der Waals surface area contributed by atoms with E-state index in [2.05, 4.69) is 70.2 Å². The van der Waals surface area contributed by atoms with Crippen LogP contribution in [0.4, 0.5) is 17.2 Å². The molecule has 1 N–H and O–H groups in total. The van der Waals surface area contributed by atoms with Crippen molar-refractivity contribution in [2.45, 2.75) is 19.4 Å². The van der Waals surface area contributed by atoms with E-state index in [9.17, 15) is 0 Å². The van der Waals surface area contributed by atoms with Crippen molar-refractivity contribution in [3.8, 4) is 11.4 Å². The summed E-state index contributed by atoms with van der Waals surface area (Å²) in [7, 11) is 0. The van der Waals surface area contributed by atoms with Gasteiger partial charge in [0.2, 0.25) is 0 Å². The van der Waals surface area contributed by atoms with Crippen molar-refractivity contribution in [2.24, 2.45) is 0 Å². The Morgan fingerprint density at radius 1 is 1.16 bits per heavy atom. The molecule has 4 heterocycles. The Kier molecular flexibility index (Phi) is 4.39. The molecule has 0 bridgehead atoms. The normalized spacial score (nSPS) is 18.2. The molecule has 0 aliphatic carbocycles. The predicted molar refractivity (Wildman–Crippen MR) is 124 cm³/mol. The van der Waals surface area contributed by atoms with Gasteiger partial charge in [-0.15, -0.1) is 0 Å². The van der Waals surface area contributed by atoms with Crippen LogP contribution in [0.5, 0.6) is 0 Å². The lowest BCUT2D eigenvalue weighted by atomic mass is 10.1. The summed E-state index contributed by atoms with van der Waals surface area (Å²) in [5.74, 6) is 1.76. The SMILES string of the molecule is CCc1cccc(N2CC3COCCN3c3nc(-c4cccc5[nH]ccc45)ncc32)c1. The van der Waals surface area contributed by atoms with Crippen molar-refractivity contribution in [3.63, 3.8) is 0 Å². The van der Waals surface area contributed by atoms with Crippen LogP contribution in [0.1, 0.15) is 12.5 Å². The number of nitrogens with zero attached hydrogens (tertiary/aromatic N) is 4. The second kappa shape index (κ2) is 7.39. The van der Waals surface area contributed by atoms with Crippen molar-refractivity contribution in [3.05, 3.63) is 66.5 Å². The van der Waals surface area contributed by atoms with Gasteiger partial charge in [0, 0.05) is 41.4 Å². The minimum atomic E-state index is 0.275. The minimum Gasteiger partial charge on any atom is -0.377 e. The first kappa shape index (κ1) is 18.4. The number of rotatable bonds is 3. The molecule has 0 spiro atoms.